The van der Waals surface area contributed by atoms with Gasteiger partial charge in [0, 0.05) is 23.9 Å². The van der Waals surface area contributed by atoms with Crippen molar-refractivity contribution in [1.29, 1.82) is 5.26 Å². The van der Waals surface area contributed by atoms with Crippen molar-refractivity contribution in [3.63, 3.8) is 0 Å². The largest absolute Gasteiger partial charge is 0.497 e. The molecule has 0 spiro atoms. The Balaban J connectivity index is 2.15. The molecule has 2 aromatic carbocycles. The number of benzene rings is 2. The average Bonchev–Trinajstić information content (AvgIpc) is 2.47. The standard InChI is InChI=1S/C16H15FN2O/c1-11-3-4-12(9-18)7-16(11)19-10-13-5-6-14(20-2)8-15(13)17/h3-8,19H,10H2,1-2H3. The van der Waals surface area contributed by atoms with Gasteiger partial charge in [0.05, 0.1) is 18.7 Å². The Bertz CT molecular complexity index is 662. The van der Waals surface area contributed by atoms with Crippen LogP contribution in [0.2, 0.25) is 0 Å². The average molecular weight is 270 g/mol. The van der Waals surface area contributed by atoms with E-state index in [2.05, 4.69) is 11.4 Å². The molecule has 2 rings (SSSR count). The van der Waals surface area contributed by atoms with Gasteiger partial charge in [0.1, 0.15) is 11.6 Å². The molecule has 0 radical (unpaired) electrons. The zero-order valence-corrected chi connectivity index (χ0v) is 11.4. The minimum atomic E-state index is -0.314. The van der Waals surface area contributed by atoms with Crippen molar-refractivity contribution in [2.75, 3.05) is 12.4 Å². The van der Waals surface area contributed by atoms with E-state index in [-0.39, 0.29) is 5.82 Å². The van der Waals surface area contributed by atoms with Crippen LogP contribution in [0.1, 0.15) is 16.7 Å². The summed E-state index contributed by atoms with van der Waals surface area (Å²) >= 11 is 0. The lowest BCUT2D eigenvalue weighted by Gasteiger charge is -2.11. The van der Waals surface area contributed by atoms with E-state index in [0.717, 1.165) is 11.3 Å². The molecule has 2 aromatic rings. The molecule has 3 nitrogen and oxygen atoms in total. The zero-order chi connectivity index (χ0) is 14.5. The molecular formula is C16H15FN2O. The minimum Gasteiger partial charge on any atom is -0.497 e. The molecule has 4 heteroatoms. The number of ether oxygens (including phenoxy) is 1. The van der Waals surface area contributed by atoms with Crippen molar-refractivity contribution in [3.05, 3.63) is 58.9 Å². The first kappa shape index (κ1) is 13.9. The third kappa shape index (κ3) is 3.07. The van der Waals surface area contributed by atoms with Gasteiger partial charge in [0.25, 0.3) is 0 Å². The van der Waals surface area contributed by atoms with Crippen LogP contribution in [0.3, 0.4) is 0 Å². The van der Waals surface area contributed by atoms with Crippen molar-refractivity contribution in [2.45, 2.75) is 13.5 Å². The summed E-state index contributed by atoms with van der Waals surface area (Å²) < 4.78 is 18.8. The van der Waals surface area contributed by atoms with Crippen LogP contribution in [0.25, 0.3) is 0 Å². The van der Waals surface area contributed by atoms with Gasteiger partial charge in [-0.2, -0.15) is 5.26 Å². The maximum atomic E-state index is 13.8. The Morgan fingerprint density at radius 2 is 2.05 bits per heavy atom. The summed E-state index contributed by atoms with van der Waals surface area (Å²) in [5.74, 6) is 0.180. The summed E-state index contributed by atoms with van der Waals surface area (Å²) in [4.78, 5) is 0. The molecule has 0 unspecified atom stereocenters. The molecule has 0 aliphatic rings. The summed E-state index contributed by atoms with van der Waals surface area (Å²) in [6.07, 6.45) is 0. The molecule has 0 aromatic heterocycles. The summed E-state index contributed by atoms with van der Waals surface area (Å²) in [6.45, 7) is 2.29. The number of hydrogen-bond donors (Lipinski definition) is 1. The van der Waals surface area contributed by atoms with Crippen LogP contribution in [0.5, 0.6) is 5.75 Å². The van der Waals surface area contributed by atoms with E-state index in [1.807, 2.05) is 13.0 Å². The van der Waals surface area contributed by atoms with Crippen molar-refractivity contribution >= 4 is 5.69 Å². The summed E-state index contributed by atoms with van der Waals surface area (Å²) in [7, 11) is 1.50. The quantitative estimate of drug-likeness (QED) is 0.922. The summed E-state index contributed by atoms with van der Waals surface area (Å²) in [5.41, 5.74) is 2.97. The van der Waals surface area contributed by atoms with Gasteiger partial charge < -0.3 is 10.1 Å². The molecule has 0 atom stereocenters. The van der Waals surface area contributed by atoms with Gasteiger partial charge in [-0.15, -0.1) is 0 Å². The number of anilines is 1. The van der Waals surface area contributed by atoms with Crippen LogP contribution in [-0.2, 0) is 6.54 Å². The fourth-order valence-electron chi connectivity index (χ4n) is 1.87. The lowest BCUT2D eigenvalue weighted by Crippen LogP contribution is -2.03. The fraction of sp³-hybridized carbons (Fsp3) is 0.188. The summed E-state index contributed by atoms with van der Waals surface area (Å²) in [5, 5.41) is 12.0. The normalized spacial score (nSPS) is 9.90. The van der Waals surface area contributed by atoms with Gasteiger partial charge in [0.15, 0.2) is 0 Å². The molecule has 20 heavy (non-hydrogen) atoms. The Hall–Kier alpha value is -2.54. The molecule has 0 fully saturated rings. The molecule has 0 aliphatic carbocycles. The van der Waals surface area contributed by atoms with E-state index >= 15 is 0 Å². The number of hydrogen-bond acceptors (Lipinski definition) is 3. The Labute approximate surface area is 117 Å². The molecule has 0 bridgehead atoms. The van der Waals surface area contributed by atoms with E-state index in [1.54, 1.807) is 24.3 Å². The van der Waals surface area contributed by atoms with E-state index in [0.29, 0.717) is 23.4 Å². The Kier molecular flexibility index (Phi) is 4.21. The van der Waals surface area contributed by atoms with E-state index < -0.39 is 0 Å². The topological polar surface area (TPSA) is 45.0 Å². The Morgan fingerprint density at radius 3 is 2.70 bits per heavy atom. The molecule has 1 N–H and O–H groups in total. The summed E-state index contributed by atoms with van der Waals surface area (Å²) in [6, 6.07) is 12.2. The smallest absolute Gasteiger partial charge is 0.131 e. The number of nitrogens with one attached hydrogen (secondary N) is 1. The highest BCUT2D eigenvalue weighted by Crippen LogP contribution is 2.20. The number of nitriles is 1. The third-order valence-corrected chi connectivity index (χ3v) is 3.10. The molecule has 0 amide bonds. The predicted octanol–water partition coefficient (Wildman–Crippen LogP) is 3.63. The van der Waals surface area contributed by atoms with Crippen LogP contribution < -0.4 is 10.1 Å². The first-order valence-electron chi connectivity index (χ1n) is 6.21. The molecule has 0 saturated carbocycles. The van der Waals surface area contributed by atoms with E-state index in [9.17, 15) is 4.39 Å². The van der Waals surface area contributed by atoms with Crippen molar-refractivity contribution in [1.82, 2.24) is 0 Å². The van der Waals surface area contributed by atoms with Gasteiger partial charge in [0.2, 0.25) is 0 Å². The monoisotopic (exact) mass is 270 g/mol. The first-order valence-corrected chi connectivity index (χ1v) is 6.21. The highest BCUT2D eigenvalue weighted by molar-refractivity contribution is 5.55. The second-order valence-electron chi connectivity index (χ2n) is 4.45. The molecular weight excluding hydrogens is 255 g/mol. The van der Waals surface area contributed by atoms with Crippen LogP contribution in [0.15, 0.2) is 36.4 Å². The van der Waals surface area contributed by atoms with Crippen LogP contribution in [0.4, 0.5) is 10.1 Å². The van der Waals surface area contributed by atoms with Crippen LogP contribution >= 0.6 is 0 Å². The van der Waals surface area contributed by atoms with Crippen LogP contribution in [0, 0.1) is 24.1 Å². The van der Waals surface area contributed by atoms with Gasteiger partial charge in [-0.05, 0) is 30.7 Å². The number of nitrogens with zero attached hydrogens (tertiary/aromatic N) is 1. The fourth-order valence-corrected chi connectivity index (χ4v) is 1.87. The molecule has 102 valence electrons. The van der Waals surface area contributed by atoms with Gasteiger partial charge >= 0.3 is 0 Å². The lowest BCUT2D eigenvalue weighted by atomic mass is 10.1. The maximum absolute atomic E-state index is 13.8. The van der Waals surface area contributed by atoms with Crippen molar-refractivity contribution in [2.24, 2.45) is 0 Å². The molecule has 0 heterocycles. The first-order chi connectivity index (χ1) is 9.63. The van der Waals surface area contributed by atoms with Crippen molar-refractivity contribution in [3.8, 4) is 11.8 Å². The number of aryl methyl sites for hydroxylation is 1. The maximum Gasteiger partial charge on any atom is 0.131 e. The SMILES string of the molecule is COc1ccc(CNc2cc(C#N)ccc2C)c(F)c1. The predicted molar refractivity (Wildman–Crippen MR) is 76.2 cm³/mol. The highest BCUT2D eigenvalue weighted by Gasteiger charge is 2.05. The molecule has 0 saturated heterocycles. The number of methoxy groups -OCH3 is 1. The Morgan fingerprint density at radius 1 is 1.25 bits per heavy atom. The second kappa shape index (κ2) is 6.07. The highest BCUT2D eigenvalue weighted by atomic mass is 19.1. The van der Waals surface area contributed by atoms with Crippen LogP contribution in [-0.4, -0.2) is 7.11 Å². The van der Waals surface area contributed by atoms with E-state index in [1.165, 1.54) is 13.2 Å². The second-order valence-corrected chi connectivity index (χ2v) is 4.45. The third-order valence-electron chi connectivity index (χ3n) is 3.10. The van der Waals surface area contributed by atoms with Gasteiger partial charge in [-0.3, -0.25) is 0 Å². The van der Waals surface area contributed by atoms with E-state index in [4.69, 9.17) is 10.00 Å². The number of halogens is 1. The van der Waals surface area contributed by atoms with Crippen molar-refractivity contribution < 1.29 is 9.13 Å². The number of rotatable bonds is 4. The zero-order valence-electron chi connectivity index (χ0n) is 11.4. The van der Waals surface area contributed by atoms with Gasteiger partial charge in [-0.25, -0.2) is 4.39 Å². The molecule has 0 aliphatic heterocycles. The minimum absolute atomic E-state index is 0.314. The van der Waals surface area contributed by atoms with Gasteiger partial charge in [-0.1, -0.05) is 12.1 Å². The lowest BCUT2D eigenvalue weighted by molar-refractivity contribution is 0.411.